The molecular formula is C16H11F4NO4S2. The second-order valence-electron chi connectivity index (χ2n) is 5.24. The molecule has 0 aliphatic rings. The molecule has 0 bridgehead atoms. The largest absolute Gasteiger partial charge is 0.293 e. The van der Waals surface area contributed by atoms with Gasteiger partial charge in [0.05, 0.1) is 16.6 Å². The lowest BCUT2D eigenvalue weighted by atomic mass is 10.1. The van der Waals surface area contributed by atoms with Crippen LogP contribution in [0, 0.1) is 34.4 Å². The molecule has 0 heterocycles. The predicted octanol–water partition coefficient (Wildman–Crippen LogP) is 2.04. The summed E-state index contributed by atoms with van der Waals surface area (Å²) in [7, 11) is -9.14. The van der Waals surface area contributed by atoms with Crippen molar-refractivity contribution in [1.82, 2.24) is 4.13 Å². The highest BCUT2D eigenvalue weighted by atomic mass is 32.3. The van der Waals surface area contributed by atoms with Crippen molar-refractivity contribution in [1.29, 1.82) is 0 Å². The number of aryl methyl sites for hydroxylation is 1. The summed E-state index contributed by atoms with van der Waals surface area (Å²) in [5, 5.41) is 1.55. The number of hydrogen-bond donors (Lipinski definition) is 1. The molecule has 2 aromatic carbocycles. The Balaban J connectivity index is 2.10. The highest BCUT2D eigenvalue weighted by Crippen LogP contribution is 2.11. The van der Waals surface area contributed by atoms with Crippen LogP contribution in [-0.2, 0) is 26.5 Å². The van der Waals surface area contributed by atoms with Crippen molar-refractivity contribution in [3.8, 4) is 11.2 Å². The Labute approximate surface area is 153 Å². The zero-order valence-electron chi connectivity index (χ0n) is 13.3. The summed E-state index contributed by atoms with van der Waals surface area (Å²) in [6.45, 7) is 0. The average molecular weight is 421 g/mol. The monoisotopic (exact) mass is 421 g/mol. The van der Waals surface area contributed by atoms with E-state index in [0.717, 1.165) is 24.3 Å². The van der Waals surface area contributed by atoms with E-state index in [2.05, 4.69) is 0 Å². The van der Waals surface area contributed by atoms with E-state index >= 15 is 0 Å². The summed E-state index contributed by atoms with van der Waals surface area (Å²) in [6, 6.07) is 4.75. The average Bonchev–Trinajstić information content (AvgIpc) is 2.52. The smallest absolute Gasteiger partial charge is 0.211 e. The molecule has 0 atom stereocenters. The van der Waals surface area contributed by atoms with Crippen LogP contribution in [0.1, 0.15) is 11.1 Å². The third-order valence-electron chi connectivity index (χ3n) is 3.14. The fourth-order valence-electron chi connectivity index (χ4n) is 1.91. The van der Waals surface area contributed by atoms with Gasteiger partial charge in [-0.1, -0.05) is 10.2 Å². The van der Waals surface area contributed by atoms with Gasteiger partial charge in [-0.3, -0.25) is 0 Å². The van der Waals surface area contributed by atoms with Gasteiger partial charge in [-0.05, 0) is 36.1 Å². The molecule has 1 N–H and O–H groups in total. The number of rotatable bonds is 5. The molecule has 0 amide bonds. The molecule has 27 heavy (non-hydrogen) atoms. The van der Waals surface area contributed by atoms with E-state index in [4.69, 9.17) is 0 Å². The first-order valence-electron chi connectivity index (χ1n) is 7.15. The predicted molar refractivity (Wildman–Crippen MR) is 89.1 cm³/mol. The van der Waals surface area contributed by atoms with Crippen LogP contribution < -0.4 is 4.13 Å². The van der Waals surface area contributed by atoms with Crippen molar-refractivity contribution in [2.45, 2.75) is 6.42 Å². The van der Waals surface area contributed by atoms with Crippen molar-refractivity contribution in [2.75, 3.05) is 5.75 Å². The van der Waals surface area contributed by atoms with E-state index in [1.165, 1.54) is 4.13 Å². The maximum Gasteiger partial charge on any atom is 0.293 e. The van der Waals surface area contributed by atoms with Gasteiger partial charge in [0.1, 0.15) is 23.3 Å². The summed E-state index contributed by atoms with van der Waals surface area (Å²) in [5.41, 5.74) is -0.578. The first-order chi connectivity index (χ1) is 12.5. The quantitative estimate of drug-likeness (QED) is 0.592. The lowest BCUT2D eigenvalue weighted by molar-refractivity contribution is 0.570. The Morgan fingerprint density at radius 2 is 1.44 bits per heavy atom. The van der Waals surface area contributed by atoms with Gasteiger partial charge in [0.25, 0.3) is 10.0 Å². The molecule has 2 rings (SSSR count). The van der Waals surface area contributed by atoms with Crippen molar-refractivity contribution >= 4 is 20.0 Å². The van der Waals surface area contributed by atoms with E-state index in [1.807, 2.05) is 5.92 Å². The number of sulfonamides is 2. The summed E-state index contributed by atoms with van der Waals surface area (Å²) >= 11 is 0. The zero-order chi connectivity index (χ0) is 20.2. The lowest BCUT2D eigenvalue weighted by Gasteiger charge is -2.05. The van der Waals surface area contributed by atoms with Crippen LogP contribution in [0.3, 0.4) is 0 Å². The van der Waals surface area contributed by atoms with Gasteiger partial charge in [-0.25, -0.2) is 26.0 Å². The lowest BCUT2D eigenvalue weighted by Crippen LogP contribution is -2.32. The van der Waals surface area contributed by atoms with Crippen molar-refractivity contribution in [2.24, 2.45) is 0 Å². The Morgan fingerprint density at radius 1 is 0.852 bits per heavy atom. The Kier molecular flexibility index (Phi) is 6.25. The van der Waals surface area contributed by atoms with Crippen LogP contribution in [-0.4, -0.2) is 22.6 Å². The van der Waals surface area contributed by atoms with E-state index < -0.39 is 61.1 Å². The van der Waals surface area contributed by atoms with Crippen LogP contribution in [0.4, 0.5) is 17.6 Å². The van der Waals surface area contributed by atoms with E-state index in [1.54, 1.807) is 5.25 Å². The van der Waals surface area contributed by atoms with E-state index in [0.29, 0.717) is 12.1 Å². The molecule has 2 aromatic rings. The van der Waals surface area contributed by atoms with Crippen molar-refractivity contribution in [3.05, 3.63) is 70.8 Å². The van der Waals surface area contributed by atoms with Gasteiger partial charge in [-0.2, -0.15) is 8.42 Å². The first kappa shape index (κ1) is 20.9. The number of benzene rings is 2. The third-order valence-corrected chi connectivity index (χ3v) is 6.15. The minimum absolute atomic E-state index is 0.126. The fraction of sp³-hybridized carbons (Fsp3) is 0.125. The van der Waals surface area contributed by atoms with Crippen LogP contribution in [0.15, 0.2) is 36.4 Å². The fourth-order valence-corrected chi connectivity index (χ4v) is 4.48. The maximum atomic E-state index is 13.5. The number of hydrogen-bond acceptors (Lipinski definition) is 4. The molecule has 11 heteroatoms. The van der Waals surface area contributed by atoms with Crippen LogP contribution in [0.5, 0.6) is 0 Å². The molecule has 0 aliphatic heterocycles. The summed E-state index contributed by atoms with van der Waals surface area (Å²) in [4.78, 5) is 0. The Morgan fingerprint density at radius 3 is 2.04 bits per heavy atom. The molecule has 0 aliphatic carbocycles. The molecule has 0 spiro atoms. The number of nitrogens with one attached hydrogen (secondary N) is 1. The third kappa shape index (κ3) is 6.35. The van der Waals surface area contributed by atoms with Gasteiger partial charge >= 0.3 is 0 Å². The molecule has 0 saturated carbocycles. The number of halogens is 4. The summed E-state index contributed by atoms with van der Waals surface area (Å²) < 4.78 is 101. The normalized spacial score (nSPS) is 11.7. The highest BCUT2D eigenvalue weighted by Gasteiger charge is 2.19. The molecule has 0 radical (unpaired) electrons. The van der Waals surface area contributed by atoms with E-state index in [9.17, 15) is 34.4 Å². The van der Waals surface area contributed by atoms with Crippen LogP contribution >= 0.6 is 0 Å². The Bertz CT molecular complexity index is 1140. The highest BCUT2D eigenvalue weighted by molar-refractivity contribution is 8.07. The summed E-state index contributed by atoms with van der Waals surface area (Å²) in [5.74, 6) is -2.76. The molecule has 0 aromatic heterocycles. The summed E-state index contributed by atoms with van der Waals surface area (Å²) in [6.07, 6.45) is -0.420. The van der Waals surface area contributed by atoms with Crippen LogP contribution in [0.2, 0.25) is 0 Å². The van der Waals surface area contributed by atoms with Gasteiger partial charge < -0.3 is 0 Å². The molecular weight excluding hydrogens is 410 g/mol. The van der Waals surface area contributed by atoms with Crippen molar-refractivity contribution in [3.63, 3.8) is 0 Å². The molecule has 5 nitrogen and oxygen atoms in total. The van der Waals surface area contributed by atoms with Gasteiger partial charge in [-0.15, -0.1) is 0 Å². The maximum absolute atomic E-state index is 13.5. The Hall–Kier alpha value is -2.42. The molecule has 0 saturated heterocycles. The standard InChI is InChI=1S/C16H11F4NO4S2/c17-13-3-1-11(15(19)9-13)5-7-26(22,23)21-27(24,25)8-6-12-2-4-14(18)10-16(12)20/h1-4,9-10,21H,5,7H2. The zero-order valence-corrected chi connectivity index (χ0v) is 15.0. The van der Waals surface area contributed by atoms with E-state index in [-0.39, 0.29) is 5.56 Å². The SMILES string of the molecule is O=S(=O)(C#Cc1ccc(F)cc1F)NS(=O)(=O)CCc1ccc(F)cc1F. The minimum Gasteiger partial charge on any atom is -0.211 e. The van der Waals surface area contributed by atoms with Gasteiger partial charge in [0, 0.05) is 12.1 Å². The van der Waals surface area contributed by atoms with Crippen LogP contribution in [0.25, 0.3) is 0 Å². The van der Waals surface area contributed by atoms with Gasteiger partial charge in [0.15, 0.2) is 0 Å². The first-order valence-corrected chi connectivity index (χ1v) is 10.3. The second-order valence-corrected chi connectivity index (χ2v) is 8.76. The minimum atomic E-state index is -4.70. The second kappa shape index (κ2) is 8.08. The molecule has 0 fully saturated rings. The van der Waals surface area contributed by atoms with Crippen molar-refractivity contribution < 1.29 is 34.4 Å². The van der Waals surface area contributed by atoms with Gasteiger partial charge in [0.2, 0.25) is 10.0 Å². The molecule has 144 valence electrons. The molecule has 0 unspecified atom stereocenters. The topological polar surface area (TPSA) is 80.3 Å².